The van der Waals surface area contributed by atoms with Gasteiger partial charge in [0.2, 0.25) is 0 Å². The van der Waals surface area contributed by atoms with Crippen LogP contribution in [0.5, 0.6) is 0 Å². The molecule has 2 heterocycles. The molecule has 2 aliphatic heterocycles. The van der Waals surface area contributed by atoms with Crippen molar-refractivity contribution in [2.75, 3.05) is 10.6 Å². The number of anilines is 2. The molecule has 2 aromatic rings. The summed E-state index contributed by atoms with van der Waals surface area (Å²) in [5.41, 5.74) is 0.428. The van der Waals surface area contributed by atoms with Gasteiger partial charge < -0.3 is 19.7 Å². The van der Waals surface area contributed by atoms with E-state index in [-0.39, 0.29) is 81.6 Å². The Morgan fingerprint density at radius 3 is 1.30 bits per heavy atom. The number of fused-ring (bicyclic) bond motifs is 2. The molecule has 2 atom stereocenters. The summed E-state index contributed by atoms with van der Waals surface area (Å²) >= 11 is 0. The van der Waals surface area contributed by atoms with Crippen LogP contribution in [0.4, 0.5) is 11.4 Å². The molecule has 0 amide bonds. The first-order valence-electron chi connectivity index (χ1n) is 7.78. The molecule has 0 spiro atoms. The molecule has 30 heavy (non-hydrogen) atoms. The summed E-state index contributed by atoms with van der Waals surface area (Å²) in [4.78, 5) is 24.2. The third-order valence-electron chi connectivity index (χ3n) is 4.61. The van der Waals surface area contributed by atoms with E-state index < -0.39 is 53.7 Å². The van der Waals surface area contributed by atoms with Crippen molar-refractivity contribution in [3.8, 4) is 0 Å². The second-order valence-electron chi connectivity index (χ2n) is 6.30. The summed E-state index contributed by atoms with van der Waals surface area (Å²) in [5.74, 6) is -1.20. The molecular weight excluding hydrogens is 458 g/mol. The van der Waals surface area contributed by atoms with Crippen LogP contribution in [0.25, 0.3) is 0 Å². The van der Waals surface area contributed by atoms with Crippen LogP contribution in [-0.2, 0) is 20.2 Å². The van der Waals surface area contributed by atoms with E-state index in [1.165, 1.54) is 12.1 Å². The van der Waals surface area contributed by atoms with Crippen molar-refractivity contribution in [1.29, 1.82) is 0 Å². The number of nitrogens with one attached hydrogen (secondary N) is 2. The van der Waals surface area contributed by atoms with Gasteiger partial charge in [-0.2, -0.15) is 0 Å². The van der Waals surface area contributed by atoms with Gasteiger partial charge in [0, 0.05) is 22.5 Å². The molecule has 4 rings (SSSR count). The SMILES string of the molecule is O=C1c2cc(S(=O)(=O)[O-])ccc2NC1C1Nc2ccc(S(=O)(=O)[O-])cc2C1=O.[Na+].[Na+]. The van der Waals surface area contributed by atoms with E-state index in [4.69, 9.17) is 0 Å². The summed E-state index contributed by atoms with van der Waals surface area (Å²) in [5, 5.41) is 5.61. The van der Waals surface area contributed by atoms with Crippen molar-refractivity contribution in [2.24, 2.45) is 0 Å². The molecule has 2 aromatic carbocycles. The zero-order chi connectivity index (χ0) is 20.4. The fraction of sp³-hybridized carbons (Fsp3) is 0.125. The average Bonchev–Trinajstić information content (AvgIpc) is 3.10. The molecule has 0 radical (unpaired) electrons. The standard InChI is InChI=1S/C16H12N2O8S2.2Na/c19-15-9-5-7(27(21,22)23)1-3-11(9)17-13(15)14-16(20)10-6-8(28(24,25)26)2-4-12(10)18-14;;/h1-6,13-14,17-18H,(H,21,22,23)(H,24,25,26);;/q;2*+1/p-2. The van der Waals surface area contributed by atoms with Crippen LogP contribution in [0.1, 0.15) is 20.7 Å². The smallest absolute Gasteiger partial charge is 0.744 e. The van der Waals surface area contributed by atoms with Crippen LogP contribution >= 0.6 is 0 Å². The Labute approximate surface area is 215 Å². The van der Waals surface area contributed by atoms with Gasteiger partial charge in [0.25, 0.3) is 0 Å². The Bertz CT molecular complexity index is 1180. The van der Waals surface area contributed by atoms with Crippen molar-refractivity contribution in [2.45, 2.75) is 21.9 Å². The third-order valence-corrected chi connectivity index (χ3v) is 6.27. The molecule has 10 nitrogen and oxygen atoms in total. The molecule has 0 fully saturated rings. The Morgan fingerprint density at radius 1 is 0.667 bits per heavy atom. The van der Waals surface area contributed by atoms with Crippen LogP contribution in [-0.4, -0.2) is 49.6 Å². The number of benzene rings is 2. The van der Waals surface area contributed by atoms with E-state index in [1.807, 2.05) is 0 Å². The fourth-order valence-electron chi connectivity index (χ4n) is 3.29. The van der Waals surface area contributed by atoms with Gasteiger partial charge >= 0.3 is 59.1 Å². The molecule has 2 N–H and O–H groups in total. The fourth-order valence-corrected chi connectivity index (χ4v) is 4.28. The summed E-state index contributed by atoms with van der Waals surface area (Å²) in [7, 11) is -9.51. The molecule has 2 aliphatic rings. The molecular formula is C16H10N2Na2O8S2. The van der Waals surface area contributed by atoms with Crippen LogP contribution in [0.15, 0.2) is 46.2 Å². The van der Waals surface area contributed by atoms with E-state index in [1.54, 1.807) is 0 Å². The zero-order valence-corrected chi connectivity index (χ0v) is 21.3. The Hall–Kier alpha value is -0.800. The monoisotopic (exact) mass is 468 g/mol. The van der Waals surface area contributed by atoms with Gasteiger partial charge in [0.15, 0.2) is 11.6 Å². The maximum atomic E-state index is 12.7. The van der Waals surface area contributed by atoms with E-state index in [9.17, 15) is 35.5 Å². The van der Waals surface area contributed by atoms with Gasteiger partial charge in [-0.05, 0) is 36.4 Å². The molecule has 0 aliphatic carbocycles. The number of Topliss-reactive ketones (excluding diaryl/α,β-unsaturated/α-hetero) is 2. The van der Waals surface area contributed by atoms with Gasteiger partial charge in [0.1, 0.15) is 32.3 Å². The number of carbonyl (C=O) groups is 2. The first-order chi connectivity index (χ1) is 13.0. The minimum atomic E-state index is -4.76. The molecule has 146 valence electrons. The largest absolute Gasteiger partial charge is 1.00 e. The second kappa shape index (κ2) is 8.62. The third kappa shape index (κ3) is 4.39. The first-order valence-corrected chi connectivity index (χ1v) is 10.6. The van der Waals surface area contributed by atoms with E-state index in [0.717, 1.165) is 24.3 Å². The Balaban J connectivity index is 0.00000160. The minimum Gasteiger partial charge on any atom is -0.744 e. The van der Waals surface area contributed by atoms with Crippen molar-refractivity contribution in [3.63, 3.8) is 0 Å². The first kappa shape index (κ1) is 25.5. The maximum Gasteiger partial charge on any atom is 1.00 e. The number of ketones is 2. The van der Waals surface area contributed by atoms with Crippen LogP contribution in [0, 0.1) is 0 Å². The second-order valence-corrected chi connectivity index (χ2v) is 9.05. The quantitative estimate of drug-likeness (QED) is 0.326. The van der Waals surface area contributed by atoms with Crippen molar-refractivity contribution in [1.82, 2.24) is 0 Å². The van der Waals surface area contributed by atoms with Gasteiger partial charge in [-0.1, -0.05) is 0 Å². The number of hydrogen-bond acceptors (Lipinski definition) is 10. The zero-order valence-electron chi connectivity index (χ0n) is 15.7. The van der Waals surface area contributed by atoms with Crippen LogP contribution in [0.2, 0.25) is 0 Å². The Morgan fingerprint density at radius 2 is 1.00 bits per heavy atom. The molecule has 0 bridgehead atoms. The Kier molecular flexibility index (Phi) is 7.31. The molecule has 14 heteroatoms. The normalized spacial score (nSPS) is 19.7. The average molecular weight is 468 g/mol. The summed E-state index contributed by atoms with van der Waals surface area (Å²) in [6.07, 6.45) is 0. The predicted molar refractivity (Wildman–Crippen MR) is 92.3 cm³/mol. The minimum absolute atomic E-state index is 0. The van der Waals surface area contributed by atoms with Gasteiger partial charge in [-0.15, -0.1) is 0 Å². The predicted octanol–water partition coefficient (Wildman–Crippen LogP) is -5.84. The molecule has 2 unspecified atom stereocenters. The number of hydrogen-bond donors (Lipinski definition) is 2. The van der Waals surface area contributed by atoms with Crippen LogP contribution in [0.3, 0.4) is 0 Å². The maximum absolute atomic E-state index is 12.7. The van der Waals surface area contributed by atoms with Crippen molar-refractivity contribution in [3.05, 3.63) is 47.5 Å². The summed E-state index contributed by atoms with van der Waals surface area (Å²) in [6, 6.07) is 4.29. The molecule has 0 aromatic heterocycles. The van der Waals surface area contributed by atoms with Crippen LogP contribution < -0.4 is 69.7 Å². The van der Waals surface area contributed by atoms with Gasteiger partial charge in [-0.25, -0.2) is 16.8 Å². The van der Waals surface area contributed by atoms with E-state index in [2.05, 4.69) is 10.6 Å². The van der Waals surface area contributed by atoms with Gasteiger partial charge in [-0.3, -0.25) is 9.59 Å². The number of rotatable bonds is 3. The van der Waals surface area contributed by atoms with Crippen molar-refractivity contribution >= 4 is 43.2 Å². The molecule has 0 saturated heterocycles. The van der Waals surface area contributed by atoms with E-state index in [0.29, 0.717) is 0 Å². The number of carbonyl (C=O) groups excluding carboxylic acids is 2. The summed E-state index contributed by atoms with van der Waals surface area (Å²) in [6.45, 7) is 0. The van der Waals surface area contributed by atoms with Gasteiger partial charge in [0.05, 0.1) is 9.79 Å². The van der Waals surface area contributed by atoms with E-state index >= 15 is 0 Å². The van der Waals surface area contributed by atoms with Crippen molar-refractivity contribution < 1.29 is 94.6 Å². The topological polar surface area (TPSA) is 173 Å². The summed E-state index contributed by atoms with van der Waals surface area (Å²) < 4.78 is 67.0. The molecule has 0 saturated carbocycles.